The van der Waals surface area contributed by atoms with Crippen LogP contribution >= 0.6 is 11.6 Å². The number of imidazole rings is 1. The Morgan fingerprint density at radius 3 is 2.76 bits per heavy atom. The SMILES string of the molecule is Cc1cnccc1Cn1c(CCCl)nc2cccc(C)c21. The molecular formula is C17H18ClN3. The molecule has 0 spiro atoms. The van der Waals surface area contributed by atoms with Gasteiger partial charge in [-0.3, -0.25) is 4.98 Å². The Kier molecular flexibility index (Phi) is 3.93. The number of para-hydroxylation sites is 1. The number of hydrogen-bond acceptors (Lipinski definition) is 2. The van der Waals surface area contributed by atoms with Crippen LogP contribution in [0, 0.1) is 13.8 Å². The van der Waals surface area contributed by atoms with Crippen LogP contribution in [-0.4, -0.2) is 20.4 Å². The highest BCUT2D eigenvalue weighted by molar-refractivity contribution is 6.17. The van der Waals surface area contributed by atoms with Gasteiger partial charge in [-0.05, 0) is 42.7 Å². The van der Waals surface area contributed by atoms with Gasteiger partial charge in [0.15, 0.2) is 0 Å². The van der Waals surface area contributed by atoms with Crippen LogP contribution in [0.2, 0.25) is 0 Å². The van der Waals surface area contributed by atoms with Gasteiger partial charge in [-0.2, -0.15) is 0 Å². The number of hydrogen-bond donors (Lipinski definition) is 0. The summed E-state index contributed by atoms with van der Waals surface area (Å²) in [5, 5.41) is 0. The second kappa shape index (κ2) is 5.86. The summed E-state index contributed by atoms with van der Waals surface area (Å²) in [7, 11) is 0. The Hall–Kier alpha value is -1.87. The van der Waals surface area contributed by atoms with Crippen molar-refractivity contribution in [2.24, 2.45) is 0 Å². The maximum absolute atomic E-state index is 5.95. The largest absolute Gasteiger partial charge is 0.323 e. The monoisotopic (exact) mass is 299 g/mol. The Labute approximate surface area is 129 Å². The summed E-state index contributed by atoms with van der Waals surface area (Å²) in [4.78, 5) is 8.92. The molecule has 0 atom stereocenters. The van der Waals surface area contributed by atoms with Crippen LogP contribution < -0.4 is 0 Å². The van der Waals surface area contributed by atoms with Crippen molar-refractivity contribution >= 4 is 22.6 Å². The fourth-order valence-electron chi connectivity index (χ4n) is 2.71. The van der Waals surface area contributed by atoms with Gasteiger partial charge in [0, 0.05) is 31.2 Å². The van der Waals surface area contributed by atoms with Gasteiger partial charge in [-0.1, -0.05) is 12.1 Å². The smallest absolute Gasteiger partial charge is 0.111 e. The summed E-state index contributed by atoms with van der Waals surface area (Å²) in [5.41, 5.74) is 5.95. The molecule has 3 rings (SSSR count). The van der Waals surface area contributed by atoms with Crippen molar-refractivity contribution in [3.8, 4) is 0 Å². The van der Waals surface area contributed by atoms with E-state index in [1.807, 2.05) is 12.4 Å². The highest BCUT2D eigenvalue weighted by Gasteiger charge is 2.13. The second-order valence-corrected chi connectivity index (χ2v) is 5.68. The average Bonchev–Trinajstić information content (AvgIpc) is 2.81. The molecule has 108 valence electrons. The fourth-order valence-corrected chi connectivity index (χ4v) is 2.88. The number of pyridine rings is 1. The van der Waals surface area contributed by atoms with Crippen molar-refractivity contribution in [3.05, 3.63) is 59.2 Å². The first-order valence-corrected chi connectivity index (χ1v) is 7.64. The van der Waals surface area contributed by atoms with E-state index < -0.39 is 0 Å². The molecule has 0 N–H and O–H groups in total. The van der Waals surface area contributed by atoms with E-state index in [2.05, 4.69) is 47.7 Å². The summed E-state index contributed by atoms with van der Waals surface area (Å²) in [5.74, 6) is 1.63. The summed E-state index contributed by atoms with van der Waals surface area (Å²) in [6.07, 6.45) is 4.53. The first kappa shape index (κ1) is 14.1. The van der Waals surface area contributed by atoms with E-state index in [-0.39, 0.29) is 0 Å². The molecular weight excluding hydrogens is 282 g/mol. The number of aromatic nitrogens is 3. The lowest BCUT2D eigenvalue weighted by molar-refractivity contribution is 0.748. The van der Waals surface area contributed by atoms with Crippen LogP contribution in [-0.2, 0) is 13.0 Å². The van der Waals surface area contributed by atoms with Crippen LogP contribution in [0.1, 0.15) is 22.5 Å². The molecule has 0 bridgehead atoms. The molecule has 0 aliphatic heterocycles. The molecule has 0 fully saturated rings. The Morgan fingerprint density at radius 1 is 1.14 bits per heavy atom. The molecule has 21 heavy (non-hydrogen) atoms. The van der Waals surface area contributed by atoms with Crippen molar-refractivity contribution in [1.82, 2.24) is 14.5 Å². The van der Waals surface area contributed by atoms with Crippen molar-refractivity contribution < 1.29 is 0 Å². The first-order chi connectivity index (χ1) is 10.2. The topological polar surface area (TPSA) is 30.7 Å². The zero-order valence-corrected chi connectivity index (χ0v) is 13.1. The van der Waals surface area contributed by atoms with Crippen LogP contribution in [0.5, 0.6) is 0 Å². The molecule has 4 heteroatoms. The molecule has 1 aromatic carbocycles. The maximum Gasteiger partial charge on any atom is 0.111 e. The summed E-state index contributed by atoms with van der Waals surface area (Å²) in [6.45, 7) is 5.03. The molecule has 0 radical (unpaired) electrons. The van der Waals surface area contributed by atoms with E-state index >= 15 is 0 Å². The van der Waals surface area contributed by atoms with Crippen LogP contribution in [0.4, 0.5) is 0 Å². The zero-order valence-electron chi connectivity index (χ0n) is 12.3. The number of aryl methyl sites for hydroxylation is 3. The van der Waals surface area contributed by atoms with E-state index in [4.69, 9.17) is 16.6 Å². The van der Waals surface area contributed by atoms with Crippen LogP contribution in [0.25, 0.3) is 11.0 Å². The minimum Gasteiger partial charge on any atom is -0.323 e. The molecule has 2 aromatic heterocycles. The number of alkyl halides is 1. The highest BCUT2D eigenvalue weighted by Crippen LogP contribution is 2.22. The number of nitrogens with zero attached hydrogens (tertiary/aromatic N) is 3. The molecule has 0 aliphatic rings. The minimum atomic E-state index is 0.581. The van der Waals surface area contributed by atoms with Gasteiger partial charge in [0.2, 0.25) is 0 Å². The lowest BCUT2D eigenvalue weighted by atomic mass is 10.1. The molecule has 0 aliphatic carbocycles. The number of fused-ring (bicyclic) bond motifs is 1. The molecule has 0 amide bonds. The van der Waals surface area contributed by atoms with Crippen molar-refractivity contribution in [2.75, 3.05) is 5.88 Å². The van der Waals surface area contributed by atoms with Gasteiger partial charge in [0.25, 0.3) is 0 Å². The van der Waals surface area contributed by atoms with Gasteiger partial charge < -0.3 is 4.57 Å². The fraction of sp³-hybridized carbons (Fsp3) is 0.294. The Balaban J connectivity index is 2.15. The lowest BCUT2D eigenvalue weighted by Crippen LogP contribution is -2.07. The van der Waals surface area contributed by atoms with Crippen molar-refractivity contribution in [2.45, 2.75) is 26.8 Å². The normalized spacial score (nSPS) is 11.2. The third kappa shape index (κ3) is 2.66. The van der Waals surface area contributed by atoms with Crippen LogP contribution in [0.15, 0.2) is 36.7 Å². The molecule has 0 saturated carbocycles. The van der Waals surface area contributed by atoms with E-state index in [9.17, 15) is 0 Å². The van der Waals surface area contributed by atoms with E-state index in [1.165, 1.54) is 22.2 Å². The summed E-state index contributed by atoms with van der Waals surface area (Å²) in [6, 6.07) is 8.32. The van der Waals surface area contributed by atoms with E-state index in [0.717, 1.165) is 24.3 Å². The second-order valence-electron chi connectivity index (χ2n) is 5.30. The highest BCUT2D eigenvalue weighted by atomic mass is 35.5. The van der Waals surface area contributed by atoms with Crippen molar-refractivity contribution in [1.29, 1.82) is 0 Å². The summed E-state index contributed by atoms with van der Waals surface area (Å²) < 4.78 is 2.29. The number of rotatable bonds is 4. The molecule has 2 heterocycles. The third-order valence-electron chi connectivity index (χ3n) is 3.83. The molecule has 0 unspecified atom stereocenters. The lowest BCUT2D eigenvalue weighted by Gasteiger charge is -2.12. The predicted molar refractivity (Wildman–Crippen MR) is 87.0 cm³/mol. The number of halogens is 1. The average molecular weight is 300 g/mol. The van der Waals surface area contributed by atoms with Gasteiger partial charge in [-0.15, -0.1) is 11.6 Å². The van der Waals surface area contributed by atoms with Crippen LogP contribution in [0.3, 0.4) is 0 Å². The van der Waals surface area contributed by atoms with Crippen molar-refractivity contribution in [3.63, 3.8) is 0 Å². The third-order valence-corrected chi connectivity index (χ3v) is 4.02. The molecule has 3 nitrogen and oxygen atoms in total. The number of benzene rings is 1. The predicted octanol–water partition coefficient (Wildman–Crippen LogP) is 3.88. The molecule has 0 saturated heterocycles. The van der Waals surface area contributed by atoms with E-state index in [1.54, 1.807) is 0 Å². The Morgan fingerprint density at radius 2 is 2.00 bits per heavy atom. The minimum absolute atomic E-state index is 0.581. The standard InChI is InChI=1S/C17H18ClN3/c1-12-4-3-5-15-17(12)21(16(20-15)6-8-18)11-14-7-9-19-10-13(14)2/h3-5,7,9-10H,6,8,11H2,1-2H3. The van der Waals surface area contributed by atoms with Gasteiger partial charge in [0.05, 0.1) is 11.0 Å². The Bertz CT molecular complexity index is 777. The molecule has 3 aromatic rings. The van der Waals surface area contributed by atoms with Gasteiger partial charge >= 0.3 is 0 Å². The maximum atomic E-state index is 5.95. The van der Waals surface area contributed by atoms with Gasteiger partial charge in [-0.25, -0.2) is 4.98 Å². The van der Waals surface area contributed by atoms with E-state index in [0.29, 0.717) is 5.88 Å². The zero-order chi connectivity index (χ0) is 14.8. The van der Waals surface area contributed by atoms with Gasteiger partial charge in [0.1, 0.15) is 5.82 Å². The quantitative estimate of drug-likeness (QED) is 0.685. The summed E-state index contributed by atoms with van der Waals surface area (Å²) >= 11 is 5.95. The first-order valence-electron chi connectivity index (χ1n) is 7.11.